The highest BCUT2D eigenvalue weighted by atomic mass is 32.1. The lowest BCUT2D eigenvalue weighted by molar-refractivity contribution is 0.0700. The minimum absolute atomic E-state index is 0.192. The Bertz CT molecular complexity index is 578. The second-order valence-electron chi connectivity index (χ2n) is 4.63. The Morgan fingerprint density at radius 2 is 2.30 bits per heavy atom. The average Bonchev–Trinajstić information content (AvgIpc) is 3.06. The number of anilines is 1. The molecule has 1 atom stereocenters. The summed E-state index contributed by atoms with van der Waals surface area (Å²) < 4.78 is 0. The van der Waals surface area contributed by atoms with Gasteiger partial charge < -0.3 is 10.0 Å². The van der Waals surface area contributed by atoms with Crippen molar-refractivity contribution in [3.63, 3.8) is 0 Å². The second kappa shape index (κ2) is 6.37. The molecule has 6 heteroatoms. The lowest BCUT2D eigenvalue weighted by Gasteiger charge is -2.23. The normalized spacial score (nSPS) is 12.3. The summed E-state index contributed by atoms with van der Waals surface area (Å²) in [6, 6.07) is 4.30. The van der Waals surface area contributed by atoms with Crippen molar-refractivity contribution in [3.05, 3.63) is 33.0 Å². The molecule has 2 rings (SSSR count). The number of hydrogen-bond acceptors (Lipinski definition) is 5. The predicted octanol–water partition coefficient (Wildman–Crippen LogP) is 4.05. The maximum atomic E-state index is 11.3. The fourth-order valence-corrected chi connectivity index (χ4v) is 3.77. The van der Waals surface area contributed by atoms with Gasteiger partial charge in [0.25, 0.3) is 0 Å². The van der Waals surface area contributed by atoms with Gasteiger partial charge in [0, 0.05) is 11.9 Å². The molecule has 0 bridgehead atoms. The largest absolute Gasteiger partial charge is 0.477 e. The summed E-state index contributed by atoms with van der Waals surface area (Å²) in [7, 11) is 1.96. The van der Waals surface area contributed by atoms with E-state index in [1.54, 1.807) is 11.3 Å². The Kier molecular flexibility index (Phi) is 4.77. The number of carboxylic acid groups (broad SMARTS) is 1. The van der Waals surface area contributed by atoms with Crippen LogP contribution in [-0.4, -0.2) is 23.1 Å². The Balaban J connectivity index is 2.28. The van der Waals surface area contributed by atoms with Crippen molar-refractivity contribution in [1.29, 1.82) is 0 Å². The van der Waals surface area contributed by atoms with Crippen LogP contribution in [0.3, 0.4) is 0 Å². The van der Waals surface area contributed by atoms with E-state index < -0.39 is 5.97 Å². The average molecular weight is 310 g/mol. The van der Waals surface area contributed by atoms with Gasteiger partial charge >= 0.3 is 5.97 Å². The van der Waals surface area contributed by atoms with Crippen molar-refractivity contribution in [3.8, 4) is 0 Å². The summed E-state index contributed by atoms with van der Waals surface area (Å²) in [5, 5.41) is 12.1. The molecule has 0 spiro atoms. The van der Waals surface area contributed by atoms with Gasteiger partial charge in [-0.3, -0.25) is 0 Å². The summed E-state index contributed by atoms with van der Waals surface area (Å²) in [6.45, 7) is 4.13. The van der Waals surface area contributed by atoms with Crippen LogP contribution < -0.4 is 4.90 Å². The van der Waals surface area contributed by atoms with Crippen molar-refractivity contribution >= 4 is 33.8 Å². The minimum atomic E-state index is -0.880. The summed E-state index contributed by atoms with van der Waals surface area (Å²) in [5.41, 5.74) is 0.699. The first-order valence-corrected chi connectivity index (χ1v) is 8.23. The van der Waals surface area contributed by atoms with Crippen LogP contribution in [0.2, 0.25) is 0 Å². The molecule has 1 N–H and O–H groups in total. The van der Waals surface area contributed by atoms with Gasteiger partial charge in [-0.15, -0.1) is 11.3 Å². The standard InChI is InChI=1S/C14H18N2O2S2/c1-4-6-10-12(13(17)18)20-14(15-10)16(3)9(2)11-7-5-8-19-11/h5,7-9H,4,6H2,1-3H3,(H,17,18). The molecule has 0 fully saturated rings. The summed E-state index contributed by atoms with van der Waals surface area (Å²) in [5.74, 6) is -0.880. The molecule has 2 heterocycles. The molecule has 0 saturated carbocycles. The Labute approximate surface area is 126 Å². The molecule has 2 aromatic heterocycles. The highest BCUT2D eigenvalue weighted by molar-refractivity contribution is 7.17. The molecule has 4 nitrogen and oxygen atoms in total. The molecule has 0 aromatic carbocycles. The third-order valence-electron chi connectivity index (χ3n) is 3.20. The lowest BCUT2D eigenvalue weighted by Crippen LogP contribution is -2.20. The zero-order chi connectivity index (χ0) is 14.7. The molecule has 20 heavy (non-hydrogen) atoms. The third kappa shape index (κ3) is 3.02. The Morgan fingerprint density at radius 1 is 1.55 bits per heavy atom. The molecule has 0 saturated heterocycles. The molecule has 108 valence electrons. The first-order valence-electron chi connectivity index (χ1n) is 6.53. The van der Waals surface area contributed by atoms with Crippen LogP contribution in [0.1, 0.15) is 46.6 Å². The number of hydrogen-bond donors (Lipinski definition) is 1. The Hall–Kier alpha value is -1.40. The molecular weight excluding hydrogens is 292 g/mol. The van der Waals surface area contributed by atoms with Gasteiger partial charge in [0.1, 0.15) is 4.88 Å². The van der Waals surface area contributed by atoms with E-state index in [0.29, 0.717) is 17.0 Å². The third-order valence-corrected chi connectivity index (χ3v) is 5.42. The summed E-state index contributed by atoms with van der Waals surface area (Å²) in [6.07, 6.45) is 1.60. The number of rotatable bonds is 6. The molecule has 0 aliphatic rings. The molecule has 0 aliphatic heterocycles. The SMILES string of the molecule is CCCc1nc(N(C)C(C)c2cccs2)sc1C(=O)O. The van der Waals surface area contributed by atoms with Crippen LogP contribution in [0.15, 0.2) is 17.5 Å². The van der Waals surface area contributed by atoms with E-state index in [-0.39, 0.29) is 6.04 Å². The van der Waals surface area contributed by atoms with Gasteiger partial charge in [0.2, 0.25) is 0 Å². The van der Waals surface area contributed by atoms with Crippen molar-refractivity contribution in [2.45, 2.75) is 32.7 Å². The van der Waals surface area contributed by atoms with Gasteiger partial charge in [-0.1, -0.05) is 30.7 Å². The number of carbonyl (C=O) groups is 1. The van der Waals surface area contributed by atoms with E-state index in [4.69, 9.17) is 0 Å². The maximum absolute atomic E-state index is 11.3. The van der Waals surface area contributed by atoms with Crippen molar-refractivity contribution in [2.75, 3.05) is 11.9 Å². The molecule has 1 unspecified atom stereocenters. The van der Waals surface area contributed by atoms with Crippen LogP contribution in [-0.2, 0) is 6.42 Å². The fourth-order valence-electron chi connectivity index (χ4n) is 1.95. The lowest BCUT2D eigenvalue weighted by atomic mass is 10.2. The van der Waals surface area contributed by atoms with E-state index >= 15 is 0 Å². The van der Waals surface area contributed by atoms with Gasteiger partial charge in [-0.05, 0) is 24.8 Å². The van der Waals surface area contributed by atoms with Crippen molar-refractivity contribution in [1.82, 2.24) is 4.98 Å². The smallest absolute Gasteiger partial charge is 0.347 e. The van der Waals surface area contributed by atoms with Gasteiger partial charge in [-0.25, -0.2) is 9.78 Å². The topological polar surface area (TPSA) is 53.4 Å². The van der Waals surface area contributed by atoms with E-state index in [1.165, 1.54) is 16.2 Å². The van der Waals surface area contributed by atoms with Crippen molar-refractivity contribution in [2.24, 2.45) is 0 Å². The summed E-state index contributed by atoms with van der Waals surface area (Å²) in [4.78, 5) is 19.5. The number of thiophene rings is 1. The van der Waals surface area contributed by atoms with Crippen LogP contribution >= 0.6 is 22.7 Å². The van der Waals surface area contributed by atoms with Crippen LogP contribution in [0.4, 0.5) is 5.13 Å². The van der Waals surface area contributed by atoms with Crippen LogP contribution in [0.5, 0.6) is 0 Å². The van der Waals surface area contributed by atoms with E-state index in [2.05, 4.69) is 18.0 Å². The Morgan fingerprint density at radius 3 is 2.85 bits per heavy atom. The molecule has 0 aliphatic carbocycles. The molecule has 0 radical (unpaired) electrons. The minimum Gasteiger partial charge on any atom is -0.477 e. The first-order chi connectivity index (χ1) is 9.54. The van der Waals surface area contributed by atoms with Crippen LogP contribution in [0, 0.1) is 0 Å². The number of nitrogens with zero attached hydrogens (tertiary/aromatic N) is 2. The number of thiazole rings is 1. The van der Waals surface area contributed by atoms with Gasteiger partial charge in [0.05, 0.1) is 11.7 Å². The quantitative estimate of drug-likeness (QED) is 0.874. The first kappa shape index (κ1) is 15.0. The monoisotopic (exact) mass is 310 g/mol. The highest BCUT2D eigenvalue weighted by Crippen LogP contribution is 2.33. The molecular formula is C14H18N2O2S2. The predicted molar refractivity (Wildman–Crippen MR) is 84.2 cm³/mol. The molecule has 2 aromatic rings. The zero-order valence-electron chi connectivity index (χ0n) is 11.8. The summed E-state index contributed by atoms with van der Waals surface area (Å²) >= 11 is 2.96. The van der Waals surface area contributed by atoms with E-state index in [0.717, 1.165) is 11.6 Å². The zero-order valence-corrected chi connectivity index (χ0v) is 13.4. The number of aromatic nitrogens is 1. The van der Waals surface area contributed by atoms with E-state index in [1.807, 2.05) is 30.3 Å². The number of aromatic carboxylic acids is 1. The molecule has 0 amide bonds. The van der Waals surface area contributed by atoms with Gasteiger partial charge in [0.15, 0.2) is 5.13 Å². The van der Waals surface area contributed by atoms with Crippen molar-refractivity contribution < 1.29 is 9.90 Å². The van der Waals surface area contributed by atoms with Crippen LogP contribution in [0.25, 0.3) is 0 Å². The van der Waals surface area contributed by atoms with E-state index in [9.17, 15) is 9.90 Å². The second-order valence-corrected chi connectivity index (χ2v) is 6.59. The number of aryl methyl sites for hydroxylation is 1. The highest BCUT2D eigenvalue weighted by Gasteiger charge is 2.21. The number of carboxylic acids is 1. The fraction of sp³-hybridized carbons (Fsp3) is 0.429. The van der Waals surface area contributed by atoms with Gasteiger partial charge in [-0.2, -0.15) is 0 Å². The maximum Gasteiger partial charge on any atom is 0.347 e.